The van der Waals surface area contributed by atoms with Gasteiger partial charge < -0.3 is 28.3 Å². The van der Waals surface area contributed by atoms with E-state index in [1.165, 1.54) is 7.11 Å². The summed E-state index contributed by atoms with van der Waals surface area (Å²) in [4.78, 5) is 32.9. The second kappa shape index (κ2) is 14.0. The van der Waals surface area contributed by atoms with Gasteiger partial charge in [-0.25, -0.2) is 4.39 Å². The number of fused-ring (bicyclic) bond motifs is 4. The third kappa shape index (κ3) is 6.16. The zero-order chi connectivity index (χ0) is 39.6. The molecule has 10 nitrogen and oxygen atoms in total. The minimum Gasteiger partial charge on any atom is -0.507 e. The Morgan fingerprint density at radius 2 is 1.51 bits per heavy atom. The molecule has 1 saturated carbocycles. The van der Waals surface area contributed by atoms with Crippen LogP contribution in [0.15, 0.2) is 70.8 Å². The number of rotatable bonds is 10. The third-order valence-electron chi connectivity index (χ3n) is 11.7. The van der Waals surface area contributed by atoms with E-state index < -0.39 is 71.5 Å². The quantitative estimate of drug-likeness (QED) is 0.124. The number of ketones is 2. The number of hydrogen-bond donors (Lipinski definition) is 1. The average Bonchev–Trinajstić information content (AvgIpc) is 3.56. The molecule has 3 aliphatic rings. The van der Waals surface area contributed by atoms with Gasteiger partial charge in [-0.05, 0) is 67.3 Å². The SMILES string of the molecule is COc1c(F)c(F)c2c(c1OCc1ccccc1)C(O)=C1C(=O)[C@]3(O[Si](C)(C)C(C)(C)C)C(=O)c4c(OCc5ccccc5)noc4[C@@H](N(C)C)[C@@H]3C[C@@H]1C2. The molecule has 4 aromatic rings. The van der Waals surface area contributed by atoms with Crippen LogP contribution in [0.4, 0.5) is 8.78 Å². The summed E-state index contributed by atoms with van der Waals surface area (Å²) in [5.41, 5.74) is -1.08. The summed E-state index contributed by atoms with van der Waals surface area (Å²) in [6.07, 6.45) is -0.0773. The molecule has 3 aromatic carbocycles. The number of ether oxygens (including phenoxy) is 3. The highest BCUT2D eigenvalue weighted by Crippen LogP contribution is 2.59. The average molecular weight is 773 g/mol. The van der Waals surface area contributed by atoms with Crippen molar-refractivity contribution in [2.45, 2.75) is 76.6 Å². The van der Waals surface area contributed by atoms with Gasteiger partial charge in [0.05, 0.1) is 18.7 Å². The molecular formula is C42H46F2N2O8Si. The number of carbonyl (C=O) groups excluding carboxylic acids is 2. The van der Waals surface area contributed by atoms with Gasteiger partial charge >= 0.3 is 0 Å². The predicted molar refractivity (Wildman–Crippen MR) is 203 cm³/mol. The molecule has 0 spiro atoms. The molecule has 0 amide bonds. The maximum Gasteiger partial charge on any atom is 0.265 e. The molecule has 4 atom stereocenters. The Labute approximate surface area is 320 Å². The molecule has 3 aliphatic carbocycles. The van der Waals surface area contributed by atoms with Gasteiger partial charge in [0.1, 0.15) is 24.5 Å². The van der Waals surface area contributed by atoms with E-state index in [9.17, 15) is 5.11 Å². The highest BCUT2D eigenvalue weighted by Gasteiger charge is 2.69. The summed E-state index contributed by atoms with van der Waals surface area (Å²) in [6, 6.07) is 17.7. The van der Waals surface area contributed by atoms with Crippen LogP contribution in [0.2, 0.25) is 18.1 Å². The first-order valence-electron chi connectivity index (χ1n) is 18.3. The Bertz CT molecular complexity index is 2180. The van der Waals surface area contributed by atoms with Crippen molar-refractivity contribution in [1.29, 1.82) is 0 Å². The lowest BCUT2D eigenvalue weighted by Crippen LogP contribution is -2.68. The fourth-order valence-corrected chi connectivity index (χ4v) is 9.48. The number of nitrogens with zero attached hydrogens (tertiary/aromatic N) is 2. The Kier molecular flexibility index (Phi) is 9.79. The van der Waals surface area contributed by atoms with Gasteiger partial charge in [-0.15, -0.1) is 0 Å². The fraction of sp³-hybridized carbons (Fsp3) is 0.405. The van der Waals surface area contributed by atoms with Crippen molar-refractivity contribution < 1.29 is 46.6 Å². The van der Waals surface area contributed by atoms with E-state index in [1.807, 2.05) is 75.2 Å². The normalized spacial score (nSPS) is 22.2. The van der Waals surface area contributed by atoms with E-state index in [0.717, 1.165) is 11.1 Å². The topological polar surface area (TPSA) is 121 Å². The van der Waals surface area contributed by atoms with Crippen molar-refractivity contribution in [3.05, 3.63) is 111 Å². The van der Waals surface area contributed by atoms with E-state index in [-0.39, 0.29) is 65.7 Å². The van der Waals surface area contributed by atoms with Crippen molar-refractivity contribution >= 4 is 25.6 Å². The number of hydrogen-bond acceptors (Lipinski definition) is 10. The summed E-state index contributed by atoms with van der Waals surface area (Å²) in [7, 11) is 1.77. The van der Waals surface area contributed by atoms with Crippen LogP contribution in [0, 0.1) is 23.5 Å². The zero-order valence-electron chi connectivity index (χ0n) is 32.3. The van der Waals surface area contributed by atoms with Crippen LogP contribution >= 0.6 is 0 Å². The van der Waals surface area contributed by atoms with E-state index in [1.54, 1.807) is 38.4 Å². The van der Waals surface area contributed by atoms with Gasteiger partial charge in [0.15, 0.2) is 31.2 Å². The van der Waals surface area contributed by atoms with Crippen LogP contribution in [-0.2, 0) is 28.9 Å². The van der Waals surface area contributed by atoms with Crippen molar-refractivity contribution in [1.82, 2.24) is 10.1 Å². The van der Waals surface area contributed by atoms with Crippen LogP contribution in [0.3, 0.4) is 0 Å². The molecule has 55 heavy (non-hydrogen) atoms. The van der Waals surface area contributed by atoms with Gasteiger partial charge in [-0.1, -0.05) is 81.4 Å². The molecule has 13 heteroatoms. The lowest BCUT2D eigenvalue weighted by atomic mass is 9.57. The largest absolute Gasteiger partial charge is 0.507 e. The van der Waals surface area contributed by atoms with Gasteiger partial charge in [0.25, 0.3) is 5.88 Å². The van der Waals surface area contributed by atoms with E-state index in [4.69, 9.17) is 23.2 Å². The van der Waals surface area contributed by atoms with Crippen molar-refractivity contribution in [3.8, 4) is 17.4 Å². The number of halogens is 2. The van der Waals surface area contributed by atoms with Crippen LogP contribution in [0.5, 0.6) is 17.4 Å². The molecule has 0 bridgehead atoms. The minimum atomic E-state index is -3.00. The monoisotopic (exact) mass is 772 g/mol. The van der Waals surface area contributed by atoms with Gasteiger partial charge in [0, 0.05) is 17.1 Å². The summed E-state index contributed by atoms with van der Waals surface area (Å²) < 4.78 is 62.4. The molecule has 0 radical (unpaired) electrons. The van der Waals surface area contributed by atoms with Crippen LogP contribution in [-0.4, -0.2) is 61.9 Å². The molecule has 1 N–H and O–H groups in total. The van der Waals surface area contributed by atoms with Crippen LogP contribution < -0.4 is 14.2 Å². The number of carbonyl (C=O) groups is 2. The minimum absolute atomic E-state index is 0.00522. The maximum absolute atomic E-state index is 16.1. The highest BCUT2D eigenvalue weighted by atomic mass is 28.4. The molecule has 0 aliphatic heterocycles. The summed E-state index contributed by atoms with van der Waals surface area (Å²) in [6.45, 7) is 9.93. The Morgan fingerprint density at radius 1 is 0.909 bits per heavy atom. The molecule has 0 unspecified atom stereocenters. The van der Waals surface area contributed by atoms with Crippen molar-refractivity contribution in [2.75, 3.05) is 21.2 Å². The predicted octanol–water partition coefficient (Wildman–Crippen LogP) is 8.41. The first-order valence-corrected chi connectivity index (χ1v) is 21.2. The molecule has 290 valence electrons. The zero-order valence-corrected chi connectivity index (χ0v) is 33.3. The van der Waals surface area contributed by atoms with E-state index in [2.05, 4.69) is 5.16 Å². The Morgan fingerprint density at radius 3 is 2.07 bits per heavy atom. The van der Waals surface area contributed by atoms with E-state index >= 15 is 18.4 Å². The Balaban J connectivity index is 1.43. The summed E-state index contributed by atoms with van der Waals surface area (Å²) in [5.74, 6) is -6.89. The van der Waals surface area contributed by atoms with Gasteiger partial charge in [-0.3, -0.25) is 14.5 Å². The number of aromatic nitrogens is 1. The first kappa shape index (κ1) is 38.4. The van der Waals surface area contributed by atoms with Crippen LogP contribution in [0.1, 0.15) is 71.6 Å². The molecule has 1 aromatic heterocycles. The van der Waals surface area contributed by atoms with Gasteiger partial charge in [0.2, 0.25) is 23.1 Å². The summed E-state index contributed by atoms with van der Waals surface area (Å²) in [5, 5.41) is 16.0. The van der Waals surface area contributed by atoms with Crippen molar-refractivity contribution in [2.24, 2.45) is 11.8 Å². The van der Waals surface area contributed by atoms with Crippen LogP contribution in [0.25, 0.3) is 5.76 Å². The molecule has 7 rings (SSSR count). The highest BCUT2D eigenvalue weighted by molar-refractivity contribution is 6.74. The van der Waals surface area contributed by atoms with Gasteiger partial charge in [-0.2, -0.15) is 4.39 Å². The second-order valence-electron chi connectivity index (χ2n) is 16.3. The number of benzene rings is 3. The smallest absolute Gasteiger partial charge is 0.265 e. The number of Topliss-reactive ketones (excluding diaryl/α,β-unsaturated/α-hetero) is 2. The lowest BCUT2D eigenvalue weighted by molar-refractivity contribution is -0.140. The second-order valence-corrected chi connectivity index (χ2v) is 21.0. The molecule has 1 heterocycles. The standard InChI is InChI=1S/C42H46F2N2O8Si/c1-41(2,3)55(7,8)54-42-27(33(46(4)5)35-30(39(42)49)40(45-53-35)52-22-24-17-13-10-14-18-24)20-25-19-26-29(34(47)28(25)38(42)48)36(37(50-6)32(44)31(26)43)51-21-23-15-11-9-12-16-23/h9-18,25,27,33,47H,19-22H2,1-8H3/t25-,27-,33-,42-/m0/s1. The number of aliphatic hydroxyl groups excluding tert-OH is 1. The molecule has 0 saturated heterocycles. The third-order valence-corrected chi connectivity index (χ3v) is 16.2. The number of aliphatic hydroxyl groups is 1. The molecule has 1 fully saturated rings. The van der Waals surface area contributed by atoms with E-state index in [0.29, 0.717) is 0 Å². The maximum atomic E-state index is 16.1. The summed E-state index contributed by atoms with van der Waals surface area (Å²) >= 11 is 0. The fourth-order valence-electron chi connectivity index (χ4n) is 8.03. The number of methoxy groups -OCH3 is 1. The molecular weight excluding hydrogens is 727 g/mol. The Hall–Kier alpha value is -4.85. The lowest BCUT2D eigenvalue weighted by Gasteiger charge is -2.55. The first-order chi connectivity index (χ1) is 26.0. The van der Waals surface area contributed by atoms with Crippen molar-refractivity contribution in [3.63, 3.8) is 0 Å².